The summed E-state index contributed by atoms with van der Waals surface area (Å²) in [6, 6.07) is 16.3. The van der Waals surface area contributed by atoms with Crippen molar-refractivity contribution in [3.05, 3.63) is 65.7 Å². The van der Waals surface area contributed by atoms with Gasteiger partial charge in [-0.3, -0.25) is 4.79 Å². The molecule has 7 heteroatoms. The Labute approximate surface area is 159 Å². The van der Waals surface area contributed by atoms with E-state index in [0.29, 0.717) is 12.3 Å². The highest BCUT2D eigenvalue weighted by atomic mass is 35.5. The van der Waals surface area contributed by atoms with E-state index in [0.717, 1.165) is 11.1 Å². The van der Waals surface area contributed by atoms with E-state index in [2.05, 4.69) is 10.1 Å². The first-order valence-electron chi connectivity index (χ1n) is 7.94. The summed E-state index contributed by atoms with van der Waals surface area (Å²) in [4.78, 5) is 23.1. The Morgan fingerprint density at radius 3 is 2.54 bits per heavy atom. The normalized spacial score (nSPS) is 11.0. The molecule has 1 atom stereocenters. The number of benzene rings is 2. The zero-order valence-electron chi connectivity index (χ0n) is 14.5. The summed E-state index contributed by atoms with van der Waals surface area (Å²) in [5.41, 5.74) is 7.84. The number of nitrogens with one attached hydrogen (secondary N) is 1. The summed E-state index contributed by atoms with van der Waals surface area (Å²) in [5.74, 6) is -0.0380. The van der Waals surface area contributed by atoms with E-state index >= 15 is 0 Å². The Morgan fingerprint density at radius 1 is 1.12 bits per heavy atom. The lowest BCUT2D eigenvalue weighted by Gasteiger charge is -2.12. The molecule has 0 aliphatic rings. The summed E-state index contributed by atoms with van der Waals surface area (Å²) in [5, 5.41) is 2.84. The standard InChI is InChI=1S/C19H22N2O4.ClH/c1-24-19(23)13-25-16-9-5-6-14(10-16)12-21-18(22)11-17(20)15-7-3-2-4-8-15;/h2-10,17H,11-13,20H2,1H3,(H,21,22);1H. The smallest absolute Gasteiger partial charge is 0.343 e. The molecule has 2 rings (SSSR count). The maximum atomic E-state index is 12.1. The Bertz CT molecular complexity index is 710. The summed E-state index contributed by atoms with van der Waals surface area (Å²) >= 11 is 0. The van der Waals surface area contributed by atoms with Crippen LogP contribution in [-0.4, -0.2) is 25.6 Å². The molecule has 140 valence electrons. The van der Waals surface area contributed by atoms with Crippen LogP contribution in [-0.2, 0) is 20.9 Å². The Hall–Kier alpha value is -2.57. The number of carbonyl (C=O) groups excluding carboxylic acids is 2. The van der Waals surface area contributed by atoms with Gasteiger partial charge in [0.1, 0.15) is 5.75 Å². The van der Waals surface area contributed by atoms with Gasteiger partial charge in [-0.1, -0.05) is 42.5 Å². The predicted octanol–water partition coefficient (Wildman–Crippen LogP) is 2.37. The molecule has 0 aliphatic carbocycles. The fourth-order valence-corrected chi connectivity index (χ4v) is 2.24. The number of hydrogen-bond acceptors (Lipinski definition) is 5. The molecule has 2 aromatic carbocycles. The van der Waals surface area contributed by atoms with E-state index in [-0.39, 0.29) is 37.4 Å². The van der Waals surface area contributed by atoms with Gasteiger partial charge in [0, 0.05) is 19.0 Å². The zero-order chi connectivity index (χ0) is 18.1. The number of nitrogens with two attached hydrogens (primary N) is 1. The molecule has 0 fully saturated rings. The van der Waals surface area contributed by atoms with Crippen molar-refractivity contribution < 1.29 is 19.1 Å². The van der Waals surface area contributed by atoms with Crippen LogP contribution in [0.25, 0.3) is 0 Å². The topological polar surface area (TPSA) is 90.6 Å². The maximum Gasteiger partial charge on any atom is 0.343 e. The van der Waals surface area contributed by atoms with Crippen LogP contribution >= 0.6 is 12.4 Å². The van der Waals surface area contributed by atoms with Crippen LogP contribution in [0, 0.1) is 0 Å². The first-order valence-corrected chi connectivity index (χ1v) is 7.94. The number of hydrogen-bond donors (Lipinski definition) is 2. The van der Waals surface area contributed by atoms with Gasteiger partial charge >= 0.3 is 5.97 Å². The minimum atomic E-state index is -0.450. The molecule has 2 aromatic rings. The van der Waals surface area contributed by atoms with Crippen LogP contribution < -0.4 is 15.8 Å². The van der Waals surface area contributed by atoms with Crippen LogP contribution in [0.15, 0.2) is 54.6 Å². The Balaban J connectivity index is 0.00000338. The van der Waals surface area contributed by atoms with Gasteiger partial charge in [-0.2, -0.15) is 0 Å². The minimum absolute atomic E-state index is 0. The van der Waals surface area contributed by atoms with Gasteiger partial charge in [0.25, 0.3) is 0 Å². The van der Waals surface area contributed by atoms with Gasteiger partial charge < -0.3 is 20.5 Å². The van der Waals surface area contributed by atoms with E-state index < -0.39 is 5.97 Å². The van der Waals surface area contributed by atoms with E-state index in [4.69, 9.17) is 10.5 Å². The average Bonchev–Trinajstić information content (AvgIpc) is 2.65. The zero-order valence-corrected chi connectivity index (χ0v) is 15.3. The van der Waals surface area contributed by atoms with Crippen molar-refractivity contribution >= 4 is 24.3 Å². The van der Waals surface area contributed by atoms with Crippen LogP contribution in [0.5, 0.6) is 5.75 Å². The highest BCUT2D eigenvalue weighted by Crippen LogP contribution is 2.15. The fourth-order valence-electron chi connectivity index (χ4n) is 2.24. The SMILES string of the molecule is COC(=O)COc1cccc(CNC(=O)CC(N)c2ccccc2)c1.Cl. The van der Waals surface area contributed by atoms with Crippen LogP contribution in [0.2, 0.25) is 0 Å². The minimum Gasteiger partial charge on any atom is -0.482 e. The molecule has 0 aliphatic heterocycles. The summed E-state index contributed by atoms with van der Waals surface area (Å²) < 4.78 is 9.84. The summed E-state index contributed by atoms with van der Waals surface area (Å²) in [6.45, 7) is 0.202. The monoisotopic (exact) mass is 378 g/mol. The van der Waals surface area contributed by atoms with Gasteiger partial charge in [0.15, 0.2) is 6.61 Å². The summed E-state index contributed by atoms with van der Waals surface area (Å²) in [7, 11) is 1.30. The van der Waals surface area contributed by atoms with Crippen molar-refractivity contribution in [2.24, 2.45) is 5.73 Å². The number of esters is 1. The number of ether oxygens (including phenoxy) is 2. The third-order valence-corrected chi connectivity index (χ3v) is 3.61. The molecule has 0 aromatic heterocycles. The molecular weight excluding hydrogens is 356 g/mol. The second-order valence-corrected chi connectivity index (χ2v) is 5.51. The van der Waals surface area contributed by atoms with E-state index in [9.17, 15) is 9.59 Å². The highest BCUT2D eigenvalue weighted by molar-refractivity contribution is 5.85. The van der Waals surface area contributed by atoms with Crippen molar-refractivity contribution in [2.75, 3.05) is 13.7 Å². The second-order valence-electron chi connectivity index (χ2n) is 5.51. The van der Waals surface area contributed by atoms with Crippen LogP contribution in [0.4, 0.5) is 0 Å². The van der Waals surface area contributed by atoms with Crippen LogP contribution in [0.3, 0.4) is 0 Å². The first kappa shape index (κ1) is 21.5. The molecular formula is C19H23ClN2O4. The quantitative estimate of drug-likeness (QED) is 0.688. The number of amides is 1. The number of carbonyl (C=O) groups is 2. The van der Waals surface area contributed by atoms with Gasteiger partial charge in [0.2, 0.25) is 5.91 Å². The highest BCUT2D eigenvalue weighted by Gasteiger charge is 2.11. The number of rotatable bonds is 8. The molecule has 1 unspecified atom stereocenters. The average molecular weight is 379 g/mol. The lowest BCUT2D eigenvalue weighted by atomic mass is 10.0. The van der Waals surface area contributed by atoms with Crippen molar-refractivity contribution in [2.45, 2.75) is 19.0 Å². The third kappa shape index (κ3) is 7.13. The van der Waals surface area contributed by atoms with Gasteiger partial charge in [-0.15, -0.1) is 12.4 Å². The molecule has 6 nitrogen and oxygen atoms in total. The van der Waals surface area contributed by atoms with Crippen molar-refractivity contribution in [3.8, 4) is 5.75 Å². The fraction of sp³-hybridized carbons (Fsp3) is 0.263. The van der Waals surface area contributed by atoms with E-state index in [1.54, 1.807) is 18.2 Å². The van der Waals surface area contributed by atoms with E-state index in [1.807, 2.05) is 36.4 Å². The predicted molar refractivity (Wildman–Crippen MR) is 101 cm³/mol. The second kappa shape index (κ2) is 11.1. The van der Waals surface area contributed by atoms with Gasteiger partial charge in [-0.05, 0) is 23.3 Å². The first-order chi connectivity index (χ1) is 12.1. The molecule has 0 radical (unpaired) electrons. The number of halogens is 1. The molecule has 0 saturated carbocycles. The summed E-state index contributed by atoms with van der Waals surface area (Å²) in [6.07, 6.45) is 0.211. The maximum absolute atomic E-state index is 12.1. The van der Waals surface area contributed by atoms with E-state index in [1.165, 1.54) is 7.11 Å². The molecule has 0 spiro atoms. The van der Waals surface area contributed by atoms with Crippen LogP contribution in [0.1, 0.15) is 23.6 Å². The third-order valence-electron chi connectivity index (χ3n) is 3.61. The van der Waals surface area contributed by atoms with Crippen molar-refractivity contribution in [1.29, 1.82) is 0 Å². The van der Waals surface area contributed by atoms with Gasteiger partial charge in [0.05, 0.1) is 7.11 Å². The molecule has 0 bridgehead atoms. The molecule has 26 heavy (non-hydrogen) atoms. The Morgan fingerprint density at radius 2 is 1.85 bits per heavy atom. The van der Waals surface area contributed by atoms with Crippen molar-refractivity contribution in [3.63, 3.8) is 0 Å². The lowest BCUT2D eigenvalue weighted by Crippen LogP contribution is -2.27. The molecule has 1 amide bonds. The van der Waals surface area contributed by atoms with Gasteiger partial charge in [-0.25, -0.2) is 4.79 Å². The largest absolute Gasteiger partial charge is 0.482 e. The van der Waals surface area contributed by atoms with Crippen molar-refractivity contribution in [1.82, 2.24) is 5.32 Å². The lowest BCUT2D eigenvalue weighted by molar-refractivity contribution is -0.142. The number of methoxy groups -OCH3 is 1. The Kier molecular flexibility index (Phi) is 9.19. The molecule has 3 N–H and O–H groups in total. The molecule has 0 heterocycles. The molecule has 0 saturated heterocycles.